The van der Waals surface area contributed by atoms with Gasteiger partial charge in [-0.1, -0.05) is 0 Å². The van der Waals surface area contributed by atoms with Crippen LogP contribution in [0, 0.1) is 0 Å². The van der Waals surface area contributed by atoms with E-state index in [0.717, 1.165) is 48.7 Å². The first-order valence-corrected chi connectivity index (χ1v) is 6.63. The molecule has 0 atom stereocenters. The molecule has 19 heavy (non-hydrogen) atoms. The standard InChI is InChI=1S/C15H15N3O/c16-15(5-6-15)14-17-7-3-12(18-14)10-1-2-13-11(9-10)4-8-19-13/h1-3,7,9H,4-6,8,16H2. The first-order chi connectivity index (χ1) is 9.24. The monoisotopic (exact) mass is 253 g/mol. The van der Waals surface area contributed by atoms with Gasteiger partial charge in [-0.3, -0.25) is 0 Å². The number of nitrogens with zero attached hydrogens (tertiary/aromatic N) is 2. The number of aromatic nitrogens is 2. The number of hydrogen-bond donors (Lipinski definition) is 1. The second-order valence-electron chi connectivity index (χ2n) is 5.34. The minimum Gasteiger partial charge on any atom is -0.493 e. The molecule has 1 aromatic heterocycles. The molecule has 0 radical (unpaired) electrons. The summed E-state index contributed by atoms with van der Waals surface area (Å²) < 4.78 is 5.52. The average molecular weight is 253 g/mol. The highest BCUT2D eigenvalue weighted by molar-refractivity contribution is 5.62. The molecule has 2 aliphatic rings. The lowest BCUT2D eigenvalue weighted by molar-refractivity contribution is 0.357. The molecule has 1 aliphatic heterocycles. The van der Waals surface area contributed by atoms with Gasteiger partial charge in [0.25, 0.3) is 0 Å². The second kappa shape index (κ2) is 3.78. The van der Waals surface area contributed by atoms with Crippen molar-refractivity contribution < 1.29 is 4.74 Å². The lowest BCUT2D eigenvalue weighted by atomic mass is 10.1. The van der Waals surface area contributed by atoms with Crippen LogP contribution in [0.5, 0.6) is 5.75 Å². The minimum atomic E-state index is -0.282. The zero-order valence-electron chi connectivity index (χ0n) is 10.6. The number of nitrogens with two attached hydrogens (primary N) is 1. The second-order valence-corrected chi connectivity index (χ2v) is 5.34. The molecule has 1 aliphatic carbocycles. The van der Waals surface area contributed by atoms with Gasteiger partial charge in [-0.15, -0.1) is 0 Å². The Bertz CT molecular complexity index is 650. The Morgan fingerprint density at radius 1 is 1.21 bits per heavy atom. The van der Waals surface area contributed by atoms with Crippen molar-refractivity contribution in [3.05, 3.63) is 41.9 Å². The summed E-state index contributed by atoms with van der Waals surface area (Å²) in [6.45, 7) is 0.778. The Labute approximate surface area is 111 Å². The number of rotatable bonds is 2. The predicted molar refractivity (Wildman–Crippen MR) is 71.8 cm³/mol. The topological polar surface area (TPSA) is 61.0 Å². The Hall–Kier alpha value is -1.94. The fourth-order valence-corrected chi connectivity index (χ4v) is 2.46. The van der Waals surface area contributed by atoms with E-state index in [0.29, 0.717) is 0 Å². The van der Waals surface area contributed by atoms with E-state index in [4.69, 9.17) is 10.5 Å². The SMILES string of the molecule is NC1(c2nccc(-c3ccc4c(c3)CCO4)n2)CC1. The molecule has 2 heterocycles. The molecule has 4 heteroatoms. The molecule has 1 saturated carbocycles. The van der Waals surface area contributed by atoms with Gasteiger partial charge < -0.3 is 10.5 Å². The minimum absolute atomic E-state index is 0.282. The van der Waals surface area contributed by atoms with E-state index in [9.17, 15) is 0 Å². The van der Waals surface area contributed by atoms with Crippen molar-refractivity contribution in [1.82, 2.24) is 9.97 Å². The first-order valence-electron chi connectivity index (χ1n) is 6.63. The highest BCUT2D eigenvalue weighted by Gasteiger charge is 2.43. The summed E-state index contributed by atoms with van der Waals surface area (Å²) in [6.07, 6.45) is 4.74. The van der Waals surface area contributed by atoms with Gasteiger partial charge in [0, 0.05) is 18.2 Å². The summed E-state index contributed by atoms with van der Waals surface area (Å²) in [5.74, 6) is 1.76. The highest BCUT2D eigenvalue weighted by Crippen LogP contribution is 2.41. The van der Waals surface area contributed by atoms with Crippen LogP contribution in [0.15, 0.2) is 30.5 Å². The van der Waals surface area contributed by atoms with Crippen LogP contribution in [0.4, 0.5) is 0 Å². The van der Waals surface area contributed by atoms with Gasteiger partial charge in [-0.05, 0) is 42.7 Å². The molecule has 1 fully saturated rings. The van der Waals surface area contributed by atoms with Crippen LogP contribution in [-0.2, 0) is 12.0 Å². The van der Waals surface area contributed by atoms with Crippen LogP contribution >= 0.6 is 0 Å². The largest absolute Gasteiger partial charge is 0.493 e. The van der Waals surface area contributed by atoms with Crippen LogP contribution in [0.1, 0.15) is 24.2 Å². The maximum Gasteiger partial charge on any atom is 0.148 e. The van der Waals surface area contributed by atoms with Crippen molar-refractivity contribution in [3.63, 3.8) is 0 Å². The van der Waals surface area contributed by atoms with E-state index in [2.05, 4.69) is 16.0 Å². The smallest absolute Gasteiger partial charge is 0.148 e. The van der Waals surface area contributed by atoms with Crippen LogP contribution in [0.2, 0.25) is 0 Å². The summed E-state index contributed by atoms with van der Waals surface area (Å²) in [6, 6.07) is 8.17. The third-order valence-electron chi connectivity index (χ3n) is 3.87. The van der Waals surface area contributed by atoms with Crippen molar-refractivity contribution in [2.75, 3.05) is 6.61 Å². The van der Waals surface area contributed by atoms with E-state index in [1.807, 2.05) is 18.2 Å². The number of fused-ring (bicyclic) bond motifs is 1. The van der Waals surface area contributed by atoms with Crippen LogP contribution in [-0.4, -0.2) is 16.6 Å². The lowest BCUT2D eigenvalue weighted by Gasteiger charge is -2.09. The van der Waals surface area contributed by atoms with E-state index in [-0.39, 0.29) is 5.54 Å². The van der Waals surface area contributed by atoms with Crippen molar-refractivity contribution in [2.24, 2.45) is 5.73 Å². The highest BCUT2D eigenvalue weighted by atomic mass is 16.5. The van der Waals surface area contributed by atoms with Gasteiger partial charge >= 0.3 is 0 Å². The fourth-order valence-electron chi connectivity index (χ4n) is 2.46. The average Bonchev–Trinajstić information content (AvgIpc) is 3.04. The van der Waals surface area contributed by atoms with E-state index < -0.39 is 0 Å². The van der Waals surface area contributed by atoms with Gasteiger partial charge in [0.1, 0.15) is 11.6 Å². The molecule has 96 valence electrons. The molecule has 0 saturated heterocycles. The quantitative estimate of drug-likeness (QED) is 0.889. The predicted octanol–water partition coefficient (Wildman–Crippen LogP) is 2.03. The molecule has 2 aromatic rings. The summed E-state index contributed by atoms with van der Waals surface area (Å²) >= 11 is 0. The summed E-state index contributed by atoms with van der Waals surface area (Å²) in [7, 11) is 0. The Morgan fingerprint density at radius 2 is 2.11 bits per heavy atom. The molecule has 1 aromatic carbocycles. The summed E-state index contributed by atoms with van der Waals surface area (Å²) in [4.78, 5) is 8.94. The number of ether oxygens (including phenoxy) is 1. The summed E-state index contributed by atoms with van der Waals surface area (Å²) in [5.41, 5.74) is 9.18. The molecule has 4 rings (SSSR count). The zero-order valence-corrected chi connectivity index (χ0v) is 10.6. The molecule has 2 N–H and O–H groups in total. The van der Waals surface area contributed by atoms with Crippen molar-refractivity contribution in [3.8, 4) is 17.0 Å². The first kappa shape index (κ1) is 10.9. The van der Waals surface area contributed by atoms with Crippen LogP contribution in [0.25, 0.3) is 11.3 Å². The molecular weight excluding hydrogens is 238 g/mol. The van der Waals surface area contributed by atoms with Gasteiger partial charge in [0.15, 0.2) is 0 Å². The molecule has 0 spiro atoms. The summed E-state index contributed by atoms with van der Waals surface area (Å²) in [5, 5.41) is 0. The Morgan fingerprint density at radius 3 is 2.95 bits per heavy atom. The normalized spacial score (nSPS) is 18.8. The number of benzene rings is 1. The van der Waals surface area contributed by atoms with Crippen molar-refractivity contribution in [1.29, 1.82) is 0 Å². The molecule has 0 bridgehead atoms. The van der Waals surface area contributed by atoms with Gasteiger partial charge in [0.2, 0.25) is 0 Å². The van der Waals surface area contributed by atoms with Crippen LogP contribution < -0.4 is 10.5 Å². The van der Waals surface area contributed by atoms with Gasteiger partial charge in [-0.25, -0.2) is 9.97 Å². The maximum atomic E-state index is 6.16. The van der Waals surface area contributed by atoms with E-state index >= 15 is 0 Å². The van der Waals surface area contributed by atoms with E-state index in [1.54, 1.807) is 6.20 Å². The third-order valence-corrected chi connectivity index (χ3v) is 3.87. The van der Waals surface area contributed by atoms with Crippen LogP contribution in [0.3, 0.4) is 0 Å². The molecular formula is C15H15N3O. The molecule has 0 amide bonds. The Kier molecular flexibility index (Phi) is 2.17. The van der Waals surface area contributed by atoms with Gasteiger partial charge in [-0.2, -0.15) is 0 Å². The van der Waals surface area contributed by atoms with Gasteiger partial charge in [0.05, 0.1) is 17.8 Å². The third kappa shape index (κ3) is 1.79. The maximum absolute atomic E-state index is 6.16. The lowest BCUT2D eigenvalue weighted by Crippen LogP contribution is -2.22. The number of hydrogen-bond acceptors (Lipinski definition) is 4. The fraction of sp³-hybridized carbons (Fsp3) is 0.333. The Balaban J connectivity index is 1.76. The van der Waals surface area contributed by atoms with E-state index in [1.165, 1.54) is 5.56 Å². The molecule has 0 unspecified atom stereocenters. The zero-order chi connectivity index (χ0) is 12.9. The van der Waals surface area contributed by atoms with Crippen molar-refractivity contribution in [2.45, 2.75) is 24.8 Å². The van der Waals surface area contributed by atoms with Crippen molar-refractivity contribution >= 4 is 0 Å². The molecule has 4 nitrogen and oxygen atoms in total.